The van der Waals surface area contributed by atoms with Crippen LogP contribution in [0.3, 0.4) is 0 Å². The van der Waals surface area contributed by atoms with Crippen LogP contribution < -0.4 is 26.4 Å². The maximum atomic E-state index is 13.7. The molecule has 42 heavy (non-hydrogen) atoms. The van der Waals surface area contributed by atoms with Gasteiger partial charge < -0.3 is 35.3 Å². The molecule has 0 amide bonds. The monoisotopic (exact) mass is 626 g/mol. The molecule has 6 N–H and O–H groups in total. The minimum Gasteiger partial charge on any atom is -0.465 e. The number of hydrogen-bond acceptors (Lipinski definition) is 11. The molecule has 1 aliphatic rings. The van der Waals surface area contributed by atoms with E-state index in [1.165, 1.54) is 0 Å². The highest BCUT2D eigenvalue weighted by molar-refractivity contribution is 7.57. The number of aromatic nitrogens is 4. The highest BCUT2D eigenvalue weighted by atomic mass is 35.5. The minimum absolute atomic E-state index is 0. The van der Waals surface area contributed by atoms with Gasteiger partial charge in [-0.1, -0.05) is 45.4 Å². The van der Waals surface area contributed by atoms with E-state index in [2.05, 4.69) is 25.4 Å². The lowest BCUT2D eigenvalue weighted by Gasteiger charge is -2.23. The van der Waals surface area contributed by atoms with Crippen LogP contribution in [0.5, 0.6) is 5.75 Å². The van der Waals surface area contributed by atoms with Gasteiger partial charge >= 0.3 is 13.5 Å². The van der Waals surface area contributed by atoms with E-state index in [0.717, 1.165) is 25.7 Å². The van der Waals surface area contributed by atoms with Crippen LogP contribution in [0.25, 0.3) is 11.2 Å². The Labute approximate surface area is 253 Å². The maximum absolute atomic E-state index is 13.7. The molecular formula is C27H44ClN8O5P. The summed E-state index contributed by atoms with van der Waals surface area (Å²) in [5, 5.41) is 6.13. The van der Waals surface area contributed by atoms with E-state index in [0.29, 0.717) is 48.0 Å². The molecule has 1 unspecified atom stereocenters. The van der Waals surface area contributed by atoms with Crippen LogP contribution in [-0.4, -0.2) is 63.2 Å². The number of benzene rings is 1. The molecule has 0 radical (unpaired) electrons. The number of para-hydroxylation sites is 1. The number of nitrogens with one attached hydrogen (secondary N) is 2. The van der Waals surface area contributed by atoms with Gasteiger partial charge in [-0.15, -0.1) is 12.4 Å². The quantitative estimate of drug-likeness (QED) is 0.107. The molecule has 0 saturated heterocycles. The highest BCUT2D eigenvalue weighted by Gasteiger charge is 2.31. The Bertz CT molecular complexity index is 1290. The zero-order valence-electron chi connectivity index (χ0n) is 24.7. The second kappa shape index (κ2) is 17.2. The third-order valence-corrected chi connectivity index (χ3v) is 7.43. The fourth-order valence-electron chi connectivity index (χ4n) is 3.53. The molecule has 2 atom stereocenters. The molecule has 15 heteroatoms. The lowest BCUT2D eigenvalue weighted by molar-refractivity contribution is -0.145. The first-order chi connectivity index (χ1) is 19.6. The number of carbonyl (C=O) groups excluding carboxylic acids is 1. The number of ether oxygens (including phenoxy) is 2. The van der Waals surface area contributed by atoms with E-state index in [9.17, 15) is 9.36 Å². The zero-order chi connectivity index (χ0) is 29.8. The molecule has 234 valence electrons. The Kier molecular flexibility index (Phi) is 14.5. The lowest BCUT2D eigenvalue weighted by atomic mass is 10.3. The number of esters is 1. The average molecular weight is 627 g/mol. The number of rotatable bonds is 15. The van der Waals surface area contributed by atoms with Crippen molar-refractivity contribution in [3.05, 3.63) is 36.7 Å². The molecule has 0 aliphatic heterocycles. The normalized spacial score (nSPS) is 14.7. The van der Waals surface area contributed by atoms with Crippen molar-refractivity contribution in [1.82, 2.24) is 24.6 Å². The standard InChI is InChI=1S/C24H34N7O5P.C3H9N.ClH/c1-3-4-13-35-23(32)17(2)30-37(33,36-19-8-6-5-7-9-19)16-34-14-12-31-15-26-20-21(27-18-10-11-18)28-24(25)29-22(20)31;1-3(2)4;/h5-9,15,17-18H,3-4,10-14,16H2,1-2H3,(H,30,33)(H3,25,27,28,29);3H,4H2,1-2H3;1H/t17-,37?;;/m0../s1. The van der Waals surface area contributed by atoms with Crippen molar-refractivity contribution in [3.63, 3.8) is 0 Å². The summed E-state index contributed by atoms with van der Waals surface area (Å²) < 4.78 is 32.3. The van der Waals surface area contributed by atoms with E-state index in [4.69, 9.17) is 25.5 Å². The Morgan fingerprint density at radius 3 is 2.50 bits per heavy atom. The Balaban J connectivity index is 0.00000116. The summed E-state index contributed by atoms with van der Waals surface area (Å²) >= 11 is 0. The first-order valence-corrected chi connectivity index (χ1v) is 15.8. The van der Waals surface area contributed by atoms with Crippen LogP contribution in [0.4, 0.5) is 11.8 Å². The second-order valence-corrected chi connectivity index (χ2v) is 12.2. The summed E-state index contributed by atoms with van der Waals surface area (Å²) in [6, 6.07) is 8.63. The molecule has 4 rings (SSSR count). The number of nitrogen functional groups attached to an aromatic ring is 1. The molecule has 2 heterocycles. The van der Waals surface area contributed by atoms with E-state index < -0.39 is 19.5 Å². The molecule has 2 aromatic heterocycles. The van der Waals surface area contributed by atoms with Crippen LogP contribution in [-0.2, 0) is 25.4 Å². The summed E-state index contributed by atoms with van der Waals surface area (Å²) in [7, 11) is -3.62. The van der Waals surface area contributed by atoms with Gasteiger partial charge in [0, 0.05) is 12.6 Å². The Hall–Kier alpha value is -2.96. The molecule has 0 spiro atoms. The highest BCUT2D eigenvalue weighted by Crippen LogP contribution is 2.43. The number of unbranched alkanes of at least 4 members (excludes halogenated alkanes) is 1. The first kappa shape index (κ1) is 35.2. The van der Waals surface area contributed by atoms with Crippen LogP contribution >= 0.6 is 19.9 Å². The van der Waals surface area contributed by atoms with Crippen LogP contribution in [0, 0.1) is 0 Å². The molecule has 0 bridgehead atoms. The van der Waals surface area contributed by atoms with Crippen LogP contribution in [0.1, 0.15) is 53.4 Å². The van der Waals surface area contributed by atoms with Gasteiger partial charge in [-0.25, -0.2) is 10.1 Å². The summed E-state index contributed by atoms with van der Waals surface area (Å²) in [4.78, 5) is 25.4. The van der Waals surface area contributed by atoms with Gasteiger partial charge in [0.05, 0.1) is 19.5 Å². The number of nitrogens with zero attached hydrogens (tertiary/aromatic N) is 4. The minimum atomic E-state index is -3.62. The van der Waals surface area contributed by atoms with Crippen molar-refractivity contribution in [2.24, 2.45) is 5.73 Å². The number of nitrogens with two attached hydrogens (primary N) is 2. The SMILES string of the molecule is CC(C)N.CCCCOC(=O)[C@H](C)NP(=O)(COCCn1cnc2c(NC3CC3)nc(N)nc21)Oc1ccccc1.Cl. The molecule has 1 aliphatic carbocycles. The van der Waals surface area contributed by atoms with Crippen molar-refractivity contribution >= 4 is 48.8 Å². The number of fused-ring (bicyclic) bond motifs is 1. The lowest BCUT2D eigenvalue weighted by Crippen LogP contribution is -2.35. The fourth-order valence-corrected chi connectivity index (χ4v) is 5.23. The predicted molar refractivity (Wildman–Crippen MR) is 167 cm³/mol. The summed E-state index contributed by atoms with van der Waals surface area (Å²) in [5.74, 6) is 0.678. The predicted octanol–water partition coefficient (Wildman–Crippen LogP) is 4.33. The maximum Gasteiger partial charge on any atom is 0.342 e. The smallest absolute Gasteiger partial charge is 0.342 e. The van der Waals surface area contributed by atoms with E-state index in [1.807, 2.05) is 26.8 Å². The molecule has 1 saturated carbocycles. The number of anilines is 2. The van der Waals surface area contributed by atoms with Crippen molar-refractivity contribution in [2.45, 2.75) is 78.0 Å². The number of hydrogen-bond donors (Lipinski definition) is 4. The third-order valence-electron chi connectivity index (χ3n) is 5.62. The largest absolute Gasteiger partial charge is 0.465 e. The third kappa shape index (κ3) is 11.7. The molecule has 3 aromatic rings. The molecule has 1 aromatic carbocycles. The van der Waals surface area contributed by atoms with Crippen LogP contribution in [0.15, 0.2) is 36.7 Å². The summed E-state index contributed by atoms with van der Waals surface area (Å²) in [6.07, 6.45) is 5.24. The Morgan fingerprint density at radius 2 is 1.86 bits per heavy atom. The van der Waals surface area contributed by atoms with Crippen molar-refractivity contribution in [3.8, 4) is 5.75 Å². The van der Waals surface area contributed by atoms with Crippen molar-refractivity contribution < 1.29 is 23.4 Å². The molecule has 13 nitrogen and oxygen atoms in total. The van der Waals surface area contributed by atoms with Gasteiger partial charge in [-0.3, -0.25) is 9.36 Å². The average Bonchev–Trinajstić information content (AvgIpc) is 3.64. The van der Waals surface area contributed by atoms with Gasteiger partial charge in [0.1, 0.15) is 18.1 Å². The number of carbonyl (C=O) groups is 1. The van der Waals surface area contributed by atoms with E-state index in [1.54, 1.807) is 42.1 Å². The summed E-state index contributed by atoms with van der Waals surface area (Å²) in [5.41, 5.74) is 12.2. The van der Waals surface area contributed by atoms with Gasteiger partial charge in [0.25, 0.3) is 0 Å². The van der Waals surface area contributed by atoms with Crippen LogP contribution in [0.2, 0.25) is 0 Å². The van der Waals surface area contributed by atoms with Crippen molar-refractivity contribution in [1.29, 1.82) is 0 Å². The molecular weight excluding hydrogens is 583 g/mol. The second-order valence-electron chi connectivity index (χ2n) is 10.2. The zero-order valence-corrected chi connectivity index (χ0v) is 26.4. The Morgan fingerprint density at radius 1 is 1.17 bits per heavy atom. The van der Waals surface area contributed by atoms with Gasteiger partial charge in [-0.05, 0) is 44.4 Å². The van der Waals surface area contributed by atoms with Gasteiger partial charge in [0.2, 0.25) is 5.95 Å². The van der Waals surface area contributed by atoms with Gasteiger partial charge in [-0.2, -0.15) is 9.97 Å². The summed E-state index contributed by atoms with van der Waals surface area (Å²) in [6.45, 7) is 8.37. The first-order valence-electron chi connectivity index (χ1n) is 14.0. The van der Waals surface area contributed by atoms with Crippen molar-refractivity contribution in [2.75, 3.05) is 30.6 Å². The van der Waals surface area contributed by atoms with E-state index >= 15 is 0 Å². The fraction of sp³-hybridized carbons (Fsp3) is 0.556. The molecule has 1 fully saturated rings. The number of halogens is 1. The number of imidazole rings is 1. The van der Waals surface area contributed by atoms with Gasteiger partial charge in [0.15, 0.2) is 17.0 Å². The van der Waals surface area contributed by atoms with E-state index in [-0.39, 0.29) is 31.3 Å². The topological polar surface area (TPSA) is 182 Å².